The Morgan fingerprint density at radius 3 is 2.64 bits per heavy atom. The van der Waals surface area contributed by atoms with Crippen molar-refractivity contribution in [1.82, 2.24) is 20.4 Å². The Bertz CT molecular complexity index is 676. The predicted octanol–water partition coefficient (Wildman–Crippen LogP) is 1.44. The lowest BCUT2D eigenvalue weighted by Crippen LogP contribution is -2.35. The third-order valence-corrected chi connectivity index (χ3v) is 3.22. The van der Waals surface area contributed by atoms with E-state index in [2.05, 4.69) is 29.6 Å². The lowest BCUT2D eigenvalue weighted by atomic mass is 10.2. The molecule has 6 heteroatoms. The molecule has 1 heterocycles. The number of nitrogens with zero attached hydrogens (tertiary/aromatic N) is 2. The second-order valence-electron chi connectivity index (χ2n) is 5.73. The number of fused-ring (bicyclic) bond motifs is 1. The van der Waals surface area contributed by atoms with Crippen LogP contribution in [-0.2, 0) is 22.7 Å². The van der Waals surface area contributed by atoms with Gasteiger partial charge in [0.05, 0.1) is 24.3 Å². The van der Waals surface area contributed by atoms with E-state index < -0.39 is 0 Å². The molecule has 0 bridgehead atoms. The first-order chi connectivity index (χ1) is 10.5. The molecule has 0 spiro atoms. The first-order valence-corrected chi connectivity index (χ1v) is 7.43. The fourth-order valence-electron chi connectivity index (χ4n) is 2.26. The van der Waals surface area contributed by atoms with Gasteiger partial charge in [0.15, 0.2) is 0 Å². The van der Waals surface area contributed by atoms with Crippen LogP contribution in [0.25, 0.3) is 10.9 Å². The van der Waals surface area contributed by atoms with E-state index in [-0.39, 0.29) is 18.4 Å². The number of para-hydroxylation sites is 1. The molecule has 1 aromatic heterocycles. The van der Waals surface area contributed by atoms with Gasteiger partial charge in [-0.2, -0.15) is 5.10 Å². The summed E-state index contributed by atoms with van der Waals surface area (Å²) < 4.78 is 1.98. The van der Waals surface area contributed by atoms with Crippen LogP contribution in [0.15, 0.2) is 24.3 Å². The normalized spacial score (nSPS) is 10.9. The minimum atomic E-state index is -0.224. The van der Waals surface area contributed by atoms with Crippen LogP contribution in [0.5, 0.6) is 0 Å². The fourth-order valence-corrected chi connectivity index (χ4v) is 2.26. The first-order valence-electron chi connectivity index (χ1n) is 7.43. The molecule has 2 N–H and O–H groups in total. The average molecular weight is 302 g/mol. The van der Waals surface area contributed by atoms with Gasteiger partial charge in [-0.1, -0.05) is 32.0 Å². The highest BCUT2D eigenvalue weighted by Gasteiger charge is 2.12. The minimum Gasteiger partial charge on any atom is -0.349 e. The zero-order valence-electron chi connectivity index (χ0n) is 13.2. The molecule has 0 saturated heterocycles. The zero-order valence-corrected chi connectivity index (χ0v) is 13.2. The molecular formula is C16H22N4O2. The van der Waals surface area contributed by atoms with Crippen LogP contribution >= 0.6 is 0 Å². The van der Waals surface area contributed by atoms with Crippen molar-refractivity contribution >= 4 is 22.7 Å². The molecular weight excluding hydrogens is 280 g/mol. The second kappa shape index (κ2) is 7.06. The molecule has 0 aliphatic carbocycles. The van der Waals surface area contributed by atoms with Gasteiger partial charge in [0.25, 0.3) is 0 Å². The number of amides is 2. The Kier molecular flexibility index (Phi) is 5.14. The number of rotatable bonds is 6. The van der Waals surface area contributed by atoms with Gasteiger partial charge in [0.1, 0.15) is 0 Å². The molecule has 0 unspecified atom stereocenters. The third-order valence-electron chi connectivity index (χ3n) is 3.22. The molecule has 2 rings (SSSR count). The molecule has 0 radical (unpaired) electrons. The van der Waals surface area contributed by atoms with Crippen LogP contribution in [-0.4, -0.2) is 28.1 Å². The third kappa shape index (κ3) is 4.07. The summed E-state index contributed by atoms with van der Waals surface area (Å²) >= 11 is 0. The van der Waals surface area contributed by atoms with Crippen LogP contribution in [0.2, 0.25) is 0 Å². The summed E-state index contributed by atoms with van der Waals surface area (Å²) in [6, 6.07) is 7.99. The largest absolute Gasteiger partial charge is 0.349 e. The average Bonchev–Trinajstić information content (AvgIpc) is 2.80. The van der Waals surface area contributed by atoms with E-state index in [9.17, 15) is 9.59 Å². The lowest BCUT2D eigenvalue weighted by Gasteiger charge is -2.06. The van der Waals surface area contributed by atoms with E-state index in [1.807, 2.05) is 28.9 Å². The number of benzene rings is 1. The quantitative estimate of drug-likeness (QED) is 0.848. The molecule has 0 saturated carbocycles. The smallest absolute Gasteiger partial charge is 0.239 e. The highest BCUT2D eigenvalue weighted by molar-refractivity contribution is 5.85. The number of nitrogens with one attached hydrogen (secondary N) is 2. The molecule has 0 aliphatic rings. The van der Waals surface area contributed by atoms with Gasteiger partial charge < -0.3 is 10.6 Å². The Morgan fingerprint density at radius 2 is 1.95 bits per heavy atom. The maximum atomic E-state index is 11.7. The maximum absolute atomic E-state index is 11.7. The SMILES string of the molecule is CC(=O)NCC(=O)NCc1nn(CC(C)C)c2ccccc12. The van der Waals surface area contributed by atoms with Gasteiger partial charge in [-0.05, 0) is 12.0 Å². The van der Waals surface area contributed by atoms with Crippen molar-refractivity contribution < 1.29 is 9.59 Å². The summed E-state index contributed by atoms with van der Waals surface area (Å²) in [7, 11) is 0. The standard InChI is InChI=1S/C16H22N4O2/c1-11(2)10-20-15-7-5-4-6-13(15)14(19-20)8-18-16(22)9-17-12(3)21/h4-7,11H,8-10H2,1-3H3,(H,17,21)(H,18,22). The van der Waals surface area contributed by atoms with Crippen molar-refractivity contribution in [2.45, 2.75) is 33.9 Å². The van der Waals surface area contributed by atoms with Crippen molar-refractivity contribution in [3.63, 3.8) is 0 Å². The Balaban J connectivity index is 2.10. The molecule has 118 valence electrons. The molecule has 0 fully saturated rings. The van der Waals surface area contributed by atoms with Crippen molar-refractivity contribution in [1.29, 1.82) is 0 Å². The van der Waals surface area contributed by atoms with Crippen LogP contribution in [0, 0.1) is 5.92 Å². The number of hydrogen-bond acceptors (Lipinski definition) is 3. The first kappa shape index (κ1) is 16.0. The van der Waals surface area contributed by atoms with Crippen LogP contribution in [0.4, 0.5) is 0 Å². The molecule has 1 aromatic carbocycles. The van der Waals surface area contributed by atoms with Gasteiger partial charge >= 0.3 is 0 Å². The number of hydrogen-bond donors (Lipinski definition) is 2. The number of carbonyl (C=O) groups excluding carboxylic acids is 2. The van der Waals surface area contributed by atoms with Crippen molar-refractivity contribution in [3.05, 3.63) is 30.0 Å². The number of aromatic nitrogens is 2. The number of carbonyl (C=O) groups is 2. The summed E-state index contributed by atoms with van der Waals surface area (Å²) in [5, 5.41) is 10.9. The molecule has 6 nitrogen and oxygen atoms in total. The molecule has 2 amide bonds. The van der Waals surface area contributed by atoms with Crippen molar-refractivity contribution in [2.75, 3.05) is 6.54 Å². The van der Waals surface area contributed by atoms with Crippen LogP contribution in [0.1, 0.15) is 26.5 Å². The summed E-state index contributed by atoms with van der Waals surface area (Å²) in [5.74, 6) is 0.0463. The van der Waals surface area contributed by atoms with E-state index in [1.165, 1.54) is 6.92 Å². The highest BCUT2D eigenvalue weighted by Crippen LogP contribution is 2.19. The van der Waals surface area contributed by atoms with E-state index in [4.69, 9.17) is 0 Å². The van der Waals surface area contributed by atoms with E-state index >= 15 is 0 Å². The highest BCUT2D eigenvalue weighted by atomic mass is 16.2. The Hall–Kier alpha value is -2.37. The summed E-state index contributed by atoms with van der Waals surface area (Å²) in [4.78, 5) is 22.5. The van der Waals surface area contributed by atoms with Gasteiger partial charge in [-0.25, -0.2) is 0 Å². The fraction of sp³-hybridized carbons (Fsp3) is 0.438. The summed E-state index contributed by atoms with van der Waals surface area (Å²) in [6.07, 6.45) is 0. The van der Waals surface area contributed by atoms with Gasteiger partial charge in [0.2, 0.25) is 11.8 Å². The Morgan fingerprint density at radius 1 is 1.23 bits per heavy atom. The summed E-state index contributed by atoms with van der Waals surface area (Å²) in [6.45, 7) is 6.84. The van der Waals surface area contributed by atoms with Crippen molar-refractivity contribution in [3.8, 4) is 0 Å². The Labute approximate surface area is 129 Å². The molecule has 2 aromatic rings. The maximum Gasteiger partial charge on any atom is 0.239 e. The molecule has 0 aliphatic heterocycles. The zero-order chi connectivity index (χ0) is 16.1. The van der Waals surface area contributed by atoms with Gasteiger partial charge in [0, 0.05) is 18.9 Å². The van der Waals surface area contributed by atoms with Gasteiger partial charge in [-0.3, -0.25) is 14.3 Å². The second-order valence-corrected chi connectivity index (χ2v) is 5.73. The van der Waals surface area contributed by atoms with E-state index in [0.29, 0.717) is 12.5 Å². The minimum absolute atomic E-state index is 0.0139. The van der Waals surface area contributed by atoms with Crippen LogP contribution in [0.3, 0.4) is 0 Å². The van der Waals surface area contributed by atoms with E-state index in [1.54, 1.807) is 0 Å². The molecule has 0 atom stereocenters. The lowest BCUT2D eigenvalue weighted by molar-refractivity contribution is -0.125. The van der Waals surface area contributed by atoms with Gasteiger partial charge in [-0.15, -0.1) is 0 Å². The topological polar surface area (TPSA) is 76.0 Å². The summed E-state index contributed by atoms with van der Waals surface area (Å²) in [5.41, 5.74) is 1.91. The van der Waals surface area contributed by atoms with Crippen LogP contribution < -0.4 is 10.6 Å². The predicted molar refractivity (Wildman–Crippen MR) is 85.1 cm³/mol. The monoisotopic (exact) mass is 302 g/mol. The van der Waals surface area contributed by atoms with Crippen molar-refractivity contribution in [2.24, 2.45) is 5.92 Å². The van der Waals surface area contributed by atoms with E-state index in [0.717, 1.165) is 23.1 Å². The molecule has 22 heavy (non-hydrogen) atoms.